The summed E-state index contributed by atoms with van der Waals surface area (Å²) in [6, 6.07) is 7.12. The van der Waals surface area contributed by atoms with Crippen LogP contribution in [0.4, 0.5) is 0 Å². The van der Waals surface area contributed by atoms with Crippen molar-refractivity contribution >= 4 is 27.3 Å². The van der Waals surface area contributed by atoms with Gasteiger partial charge in [0, 0.05) is 5.02 Å². The molecule has 0 aromatic heterocycles. The Hall–Kier alpha value is -1.31. The van der Waals surface area contributed by atoms with Crippen LogP contribution in [0.5, 0.6) is 5.75 Å². The second-order valence-electron chi connectivity index (χ2n) is 6.64. The lowest BCUT2D eigenvalue weighted by molar-refractivity contribution is -0.871. The lowest BCUT2D eigenvalue weighted by atomic mass is 10.0. The number of hydrogen-bond acceptors (Lipinski definition) is 4. The Morgan fingerprint density at radius 3 is 2.62 bits per heavy atom. The van der Waals surface area contributed by atoms with E-state index in [9.17, 15) is 13.2 Å². The van der Waals surface area contributed by atoms with Crippen LogP contribution < -0.4 is 15.0 Å². The summed E-state index contributed by atoms with van der Waals surface area (Å²) in [5.41, 5.74) is -0.643. The van der Waals surface area contributed by atoms with E-state index in [0.717, 1.165) is 10.6 Å². The maximum absolute atomic E-state index is 12.1. The summed E-state index contributed by atoms with van der Waals surface area (Å²) in [6.45, 7) is 3.20. The van der Waals surface area contributed by atoms with E-state index in [4.69, 9.17) is 16.3 Å². The fraction of sp³-hybridized carbons (Fsp3) is 0.562. The van der Waals surface area contributed by atoms with E-state index in [1.165, 1.54) is 0 Å². The van der Waals surface area contributed by atoms with Crippen molar-refractivity contribution < 1.29 is 22.8 Å². The highest BCUT2D eigenvalue weighted by Crippen LogP contribution is 2.22. The fourth-order valence-electron chi connectivity index (χ4n) is 2.73. The van der Waals surface area contributed by atoms with Crippen molar-refractivity contribution in [2.45, 2.75) is 18.9 Å². The van der Waals surface area contributed by atoms with Gasteiger partial charge in [0.2, 0.25) is 0 Å². The molecule has 0 bridgehead atoms. The Bertz CT molecular complexity index is 678. The van der Waals surface area contributed by atoms with Crippen molar-refractivity contribution in [1.29, 1.82) is 0 Å². The lowest BCUT2D eigenvalue weighted by Gasteiger charge is -2.24. The molecule has 0 aliphatic carbocycles. The molecule has 1 aromatic carbocycles. The first-order chi connectivity index (χ1) is 11.2. The van der Waals surface area contributed by atoms with Gasteiger partial charge < -0.3 is 15.0 Å². The van der Waals surface area contributed by atoms with Crippen molar-refractivity contribution in [1.82, 2.24) is 5.32 Å². The van der Waals surface area contributed by atoms with Crippen molar-refractivity contribution in [3.63, 3.8) is 0 Å². The molecule has 0 spiro atoms. The lowest BCUT2D eigenvalue weighted by Crippen LogP contribution is -3.11. The molecule has 1 aliphatic heterocycles. The van der Waals surface area contributed by atoms with Gasteiger partial charge in [-0.3, -0.25) is 4.79 Å². The standard InChI is InChI=1S/C16H23ClN2O4S/c1-16(7-10-24(21,22)12-16)18-15(20)11-19(2)8-9-23-14-5-3-13(17)4-6-14/h3-6H,7-12H2,1-2H3,(H,18,20)/p+1/t16-/m0/s1. The summed E-state index contributed by atoms with van der Waals surface area (Å²) >= 11 is 5.81. The maximum Gasteiger partial charge on any atom is 0.275 e. The van der Waals surface area contributed by atoms with Crippen LogP contribution in [0.2, 0.25) is 5.02 Å². The summed E-state index contributed by atoms with van der Waals surface area (Å²) in [6.07, 6.45) is 0.472. The molecule has 1 unspecified atom stereocenters. The van der Waals surface area contributed by atoms with Gasteiger partial charge in [0.1, 0.15) is 18.9 Å². The number of carbonyl (C=O) groups is 1. The molecular formula is C16H24ClN2O4S+. The number of amides is 1. The molecule has 2 rings (SSSR count). The first-order valence-electron chi connectivity index (χ1n) is 7.89. The Morgan fingerprint density at radius 1 is 1.38 bits per heavy atom. The highest BCUT2D eigenvalue weighted by atomic mass is 35.5. The smallest absolute Gasteiger partial charge is 0.275 e. The summed E-state index contributed by atoms with van der Waals surface area (Å²) in [5, 5.41) is 3.52. The minimum absolute atomic E-state index is 0.0183. The van der Waals surface area contributed by atoms with Crippen LogP contribution >= 0.6 is 11.6 Å². The largest absolute Gasteiger partial charge is 0.488 e. The predicted octanol–water partition coefficient (Wildman–Crippen LogP) is -0.0731. The first kappa shape index (κ1) is 19.0. The molecule has 1 heterocycles. The van der Waals surface area contributed by atoms with Crippen molar-refractivity contribution in [3.05, 3.63) is 29.3 Å². The minimum atomic E-state index is -3.03. The number of carbonyl (C=O) groups excluding carboxylic acids is 1. The zero-order valence-electron chi connectivity index (χ0n) is 14.0. The second-order valence-corrected chi connectivity index (χ2v) is 9.26. The van der Waals surface area contributed by atoms with Gasteiger partial charge in [0.15, 0.2) is 16.4 Å². The Labute approximate surface area is 148 Å². The quantitative estimate of drug-likeness (QED) is 0.699. The molecule has 6 nitrogen and oxygen atoms in total. The topological polar surface area (TPSA) is 76.9 Å². The van der Waals surface area contributed by atoms with Crippen molar-refractivity contribution in [2.75, 3.05) is 38.2 Å². The van der Waals surface area contributed by atoms with E-state index in [-0.39, 0.29) is 24.0 Å². The summed E-state index contributed by atoms with van der Waals surface area (Å²) in [5.74, 6) is 0.755. The van der Waals surface area contributed by atoms with Gasteiger partial charge in [0.05, 0.1) is 24.1 Å². The maximum atomic E-state index is 12.1. The van der Waals surface area contributed by atoms with Crippen molar-refractivity contribution in [3.8, 4) is 5.75 Å². The fourth-order valence-corrected chi connectivity index (χ4v) is 4.95. The highest BCUT2D eigenvalue weighted by Gasteiger charge is 2.39. The monoisotopic (exact) mass is 375 g/mol. The molecule has 24 heavy (non-hydrogen) atoms. The summed E-state index contributed by atoms with van der Waals surface area (Å²) < 4.78 is 28.7. The van der Waals surface area contributed by atoms with E-state index >= 15 is 0 Å². The molecule has 1 aromatic rings. The van der Waals surface area contributed by atoms with Crippen LogP contribution in [0.3, 0.4) is 0 Å². The zero-order chi connectivity index (χ0) is 17.8. The van der Waals surface area contributed by atoms with E-state index < -0.39 is 15.4 Å². The van der Waals surface area contributed by atoms with Gasteiger partial charge in [-0.25, -0.2) is 8.42 Å². The molecule has 1 saturated heterocycles. The van der Waals surface area contributed by atoms with Gasteiger partial charge >= 0.3 is 0 Å². The zero-order valence-corrected chi connectivity index (χ0v) is 15.5. The average Bonchev–Trinajstić information content (AvgIpc) is 2.74. The number of halogens is 1. The van der Waals surface area contributed by atoms with Gasteiger partial charge in [-0.15, -0.1) is 0 Å². The Kier molecular flexibility index (Phi) is 6.11. The number of nitrogens with one attached hydrogen (secondary N) is 2. The number of ether oxygens (including phenoxy) is 1. The van der Waals surface area contributed by atoms with Gasteiger partial charge in [-0.2, -0.15) is 0 Å². The van der Waals surface area contributed by atoms with E-state index in [2.05, 4.69) is 5.32 Å². The highest BCUT2D eigenvalue weighted by molar-refractivity contribution is 7.91. The number of benzene rings is 1. The predicted molar refractivity (Wildman–Crippen MR) is 93.4 cm³/mol. The van der Waals surface area contributed by atoms with Gasteiger partial charge in [0.25, 0.3) is 5.91 Å². The number of sulfone groups is 1. The van der Waals surface area contributed by atoms with Crippen LogP contribution in [0.15, 0.2) is 24.3 Å². The molecule has 1 aliphatic rings. The normalized spacial score (nSPS) is 23.6. The van der Waals surface area contributed by atoms with E-state index in [1.807, 2.05) is 7.05 Å². The molecular weight excluding hydrogens is 352 g/mol. The number of quaternary nitrogens is 1. The third-order valence-electron chi connectivity index (χ3n) is 4.02. The van der Waals surface area contributed by atoms with Gasteiger partial charge in [-0.1, -0.05) is 11.6 Å². The average molecular weight is 376 g/mol. The molecule has 2 atom stereocenters. The molecule has 1 amide bonds. The van der Waals surface area contributed by atoms with Crippen molar-refractivity contribution in [2.24, 2.45) is 0 Å². The van der Waals surface area contributed by atoms with E-state index in [0.29, 0.717) is 24.6 Å². The number of hydrogen-bond donors (Lipinski definition) is 2. The van der Waals surface area contributed by atoms with Crippen LogP contribution in [-0.4, -0.2) is 58.1 Å². The Balaban J connectivity index is 1.71. The molecule has 2 N–H and O–H groups in total. The third kappa shape index (κ3) is 5.96. The minimum Gasteiger partial charge on any atom is -0.488 e. The van der Waals surface area contributed by atoms with Crippen LogP contribution in [0.1, 0.15) is 13.3 Å². The van der Waals surface area contributed by atoms with Gasteiger partial charge in [-0.05, 0) is 37.6 Å². The summed E-state index contributed by atoms with van der Waals surface area (Å²) in [7, 11) is -1.13. The number of rotatable bonds is 7. The molecule has 0 radical (unpaired) electrons. The van der Waals surface area contributed by atoms with E-state index in [1.54, 1.807) is 31.2 Å². The molecule has 0 saturated carbocycles. The second kappa shape index (κ2) is 7.72. The third-order valence-corrected chi connectivity index (χ3v) is 6.17. The van der Waals surface area contributed by atoms with Crippen LogP contribution in [0, 0.1) is 0 Å². The molecule has 134 valence electrons. The molecule has 1 fully saturated rings. The Morgan fingerprint density at radius 2 is 2.04 bits per heavy atom. The SMILES string of the molecule is C[NH+](CCOc1ccc(Cl)cc1)CC(=O)N[C@@]1(C)CCS(=O)(=O)C1. The van der Waals surface area contributed by atoms with Crippen LogP contribution in [-0.2, 0) is 14.6 Å². The molecule has 8 heteroatoms. The summed E-state index contributed by atoms with van der Waals surface area (Å²) in [4.78, 5) is 13.1. The first-order valence-corrected chi connectivity index (χ1v) is 10.1. The number of likely N-dealkylation sites (N-methyl/N-ethyl adjacent to an activating group) is 1. The van der Waals surface area contributed by atoms with Crippen LogP contribution in [0.25, 0.3) is 0 Å².